The zero-order chi connectivity index (χ0) is 69.6. The number of aromatic nitrogens is 6. The van der Waals surface area contributed by atoms with Gasteiger partial charge in [-0.3, -0.25) is 38.5 Å². The molecule has 1 aliphatic heterocycles. The standard InChI is InChI=1S/C65H64N14O17S2/c66-64-77-55-54(58(84)78-64)70-38(31-69-55)30-68-36-13-11-33(12-14-36)56(82)76-46(62(90)91)18-20-53(81)75-45(61(88)89)17-19-52(80)74-44(60(86)87)10-5-22-67-49(63(92)93)32-98-97-25-24-95-65(94)96-51-29-50-40(39-7-2-3-8-41(39)51)21-23-79(50)59(85)48-28-35-26-37(15-16-43(35)73-48)71-57(83)47-27-34-6-1-4-9-42(34)72-47/h1-4,6-9,11-16,26-29,31,44-46,49,67-68,72-73H,5,10,17-25,30,32H2,(H,71,83)(H,74,80)(H,75,81)(H,76,82)(H,86,87)(H,88,89)(H,90,91)(H,92,93)(H3,66,69,77,78,84). The molecule has 31 nitrogen and oxygen atoms in total. The zero-order valence-electron chi connectivity index (χ0n) is 51.8. The van der Waals surface area contributed by atoms with Gasteiger partial charge in [0.05, 0.1) is 24.1 Å². The number of amides is 5. The van der Waals surface area contributed by atoms with Crippen LogP contribution in [0.2, 0.25) is 0 Å². The van der Waals surface area contributed by atoms with Crippen molar-refractivity contribution in [3.63, 3.8) is 0 Å². The average molecular weight is 1380 g/mol. The largest absolute Gasteiger partial charge is 0.513 e. The Kier molecular flexibility index (Phi) is 22.5. The summed E-state index contributed by atoms with van der Waals surface area (Å²) < 4.78 is 11.1. The van der Waals surface area contributed by atoms with E-state index in [1.54, 1.807) is 53.4 Å². The van der Waals surface area contributed by atoms with Crippen LogP contribution in [-0.2, 0) is 46.5 Å². The van der Waals surface area contributed by atoms with Crippen LogP contribution in [-0.4, -0.2) is 165 Å². The number of para-hydroxylation sites is 1. The van der Waals surface area contributed by atoms with Crippen LogP contribution in [0.5, 0.6) is 5.75 Å². The smallest absolute Gasteiger partial charge is 0.480 e. The molecule has 0 saturated heterocycles. The molecule has 5 aromatic carbocycles. The molecule has 10 rings (SSSR count). The molecule has 4 aromatic heterocycles. The third kappa shape index (κ3) is 17.7. The van der Waals surface area contributed by atoms with Crippen molar-refractivity contribution in [2.45, 2.75) is 75.7 Å². The first-order valence-corrected chi connectivity index (χ1v) is 33.0. The van der Waals surface area contributed by atoms with Gasteiger partial charge in [0.15, 0.2) is 11.2 Å². The van der Waals surface area contributed by atoms with Crippen molar-refractivity contribution in [2.75, 3.05) is 52.5 Å². The Hall–Kier alpha value is -11.6. The summed E-state index contributed by atoms with van der Waals surface area (Å²) in [5, 5.41) is 58.0. The number of nitrogens with two attached hydrogens (primary N) is 1. The van der Waals surface area contributed by atoms with Crippen LogP contribution in [0, 0.1) is 0 Å². The highest BCUT2D eigenvalue weighted by atomic mass is 33.1. The summed E-state index contributed by atoms with van der Waals surface area (Å²) in [6.45, 7) is 0.401. The van der Waals surface area contributed by atoms with Gasteiger partial charge in [0.25, 0.3) is 23.3 Å². The molecule has 5 amide bonds. The molecule has 4 atom stereocenters. The fraction of sp³-hybridized carbons (Fsp3) is 0.262. The van der Waals surface area contributed by atoms with Crippen molar-refractivity contribution >= 4 is 148 Å². The van der Waals surface area contributed by atoms with Crippen molar-refractivity contribution in [3.8, 4) is 5.75 Å². The second-order valence-corrected chi connectivity index (χ2v) is 25.0. The topological polar surface area (TPSA) is 475 Å². The number of aromatic amines is 3. The Bertz CT molecular complexity index is 4590. The number of hydrogen-bond donors (Lipinski definition) is 14. The predicted octanol–water partition coefficient (Wildman–Crippen LogP) is 5.78. The highest BCUT2D eigenvalue weighted by Gasteiger charge is 2.32. The van der Waals surface area contributed by atoms with Gasteiger partial charge in [0.1, 0.15) is 47.9 Å². The van der Waals surface area contributed by atoms with Gasteiger partial charge in [-0.05, 0) is 110 Å². The molecule has 0 spiro atoms. The van der Waals surface area contributed by atoms with E-state index in [0.717, 1.165) is 21.9 Å². The number of carboxylic acid groups (broad SMARTS) is 4. The van der Waals surface area contributed by atoms with Crippen LogP contribution in [0.4, 0.5) is 27.8 Å². The van der Waals surface area contributed by atoms with Gasteiger partial charge in [-0.25, -0.2) is 29.1 Å². The van der Waals surface area contributed by atoms with Gasteiger partial charge in [-0.2, -0.15) is 4.98 Å². The molecule has 5 heterocycles. The van der Waals surface area contributed by atoms with Gasteiger partial charge in [-0.1, -0.05) is 64.1 Å². The van der Waals surface area contributed by atoms with E-state index >= 15 is 0 Å². The number of carboxylic acids is 4. The van der Waals surface area contributed by atoms with E-state index in [1.807, 2.05) is 36.4 Å². The number of nitrogens with zero attached hydrogens (tertiary/aromatic N) is 4. The maximum Gasteiger partial charge on any atom is 0.513 e. The molecule has 1 aliphatic rings. The molecule has 33 heteroatoms. The molecular formula is C65H64N14O17S2. The number of fused-ring (bicyclic) bond motifs is 6. The number of anilines is 4. The maximum atomic E-state index is 14.2. The van der Waals surface area contributed by atoms with Crippen LogP contribution in [0.25, 0.3) is 43.7 Å². The Morgan fingerprint density at radius 2 is 1.30 bits per heavy atom. The summed E-state index contributed by atoms with van der Waals surface area (Å²) in [7, 11) is 2.40. The van der Waals surface area contributed by atoms with E-state index in [9.17, 15) is 73.2 Å². The second kappa shape index (κ2) is 31.8. The number of aliphatic carboxylic acids is 4. The Morgan fingerprint density at radius 1 is 0.653 bits per heavy atom. The van der Waals surface area contributed by atoms with E-state index in [2.05, 4.69) is 61.8 Å². The molecular weight excluding hydrogens is 1310 g/mol. The predicted molar refractivity (Wildman–Crippen MR) is 362 cm³/mol. The summed E-state index contributed by atoms with van der Waals surface area (Å²) in [6.07, 6.45) is -1.14. The van der Waals surface area contributed by atoms with Crippen LogP contribution < -0.4 is 52.8 Å². The van der Waals surface area contributed by atoms with Crippen molar-refractivity contribution in [1.82, 2.24) is 51.2 Å². The number of H-pyrrole nitrogens is 3. The lowest BCUT2D eigenvalue weighted by molar-refractivity contribution is -0.143. The van der Waals surface area contributed by atoms with Crippen molar-refractivity contribution in [2.24, 2.45) is 0 Å². The number of rotatable bonds is 32. The minimum atomic E-state index is -1.64. The lowest BCUT2D eigenvalue weighted by Crippen LogP contribution is -2.45. The van der Waals surface area contributed by atoms with Crippen molar-refractivity contribution in [3.05, 3.63) is 154 Å². The van der Waals surface area contributed by atoms with Gasteiger partial charge in [0, 0.05) is 81.1 Å². The molecule has 4 unspecified atom stereocenters. The number of benzene rings is 5. The molecule has 0 aliphatic carbocycles. The molecule has 508 valence electrons. The van der Waals surface area contributed by atoms with Gasteiger partial charge in [-0.15, -0.1) is 0 Å². The number of carbonyl (C=O) groups is 10. The summed E-state index contributed by atoms with van der Waals surface area (Å²) in [6, 6.07) is 25.4. The SMILES string of the molecule is Nc1nc2ncc(CNc3ccc(C(=O)NC(CCC(=O)NC(CCC(=O)NC(CCCNC(CSSCCOC(=O)Oc4cc5c(c6ccccc46)CCN5C(=O)c4cc5cc(NC(=O)c6cc7ccccc7[nH]6)ccc5[nH]4)C(=O)O)C(=O)O)C(=O)O)C(=O)O)cc3)nc2c(=O)[nH]1. The monoisotopic (exact) mass is 1380 g/mol. The molecule has 0 radical (unpaired) electrons. The lowest BCUT2D eigenvalue weighted by Gasteiger charge is -2.19. The summed E-state index contributed by atoms with van der Waals surface area (Å²) >= 11 is 0. The lowest BCUT2D eigenvalue weighted by atomic mass is 10.0. The highest BCUT2D eigenvalue weighted by molar-refractivity contribution is 8.76. The molecule has 0 bridgehead atoms. The summed E-state index contributed by atoms with van der Waals surface area (Å²) in [4.78, 5) is 162. The number of carbonyl (C=O) groups excluding carboxylic acids is 6. The molecule has 98 heavy (non-hydrogen) atoms. The van der Waals surface area contributed by atoms with Crippen LogP contribution in [0.1, 0.15) is 81.1 Å². The minimum Gasteiger partial charge on any atom is -0.480 e. The first-order valence-electron chi connectivity index (χ1n) is 30.5. The van der Waals surface area contributed by atoms with E-state index in [4.69, 9.17) is 15.2 Å². The third-order valence-corrected chi connectivity index (χ3v) is 18.0. The molecule has 0 saturated carbocycles. The minimum absolute atomic E-state index is 0.0121. The maximum absolute atomic E-state index is 14.2. The van der Waals surface area contributed by atoms with E-state index < -0.39 is 103 Å². The van der Waals surface area contributed by atoms with Crippen LogP contribution >= 0.6 is 21.6 Å². The first kappa shape index (κ1) is 69.3. The fourth-order valence-corrected chi connectivity index (χ4v) is 12.8. The fourth-order valence-electron chi connectivity index (χ4n) is 10.7. The van der Waals surface area contributed by atoms with Crippen LogP contribution in [0.15, 0.2) is 120 Å². The molecule has 0 fully saturated rings. The number of nitrogen functional groups attached to an aromatic ring is 1. The number of hydrogen-bond acceptors (Lipinski definition) is 21. The Balaban J connectivity index is 0.611. The normalized spacial score (nSPS) is 13.0. The summed E-state index contributed by atoms with van der Waals surface area (Å²) in [5.74, 6) is -8.46. The van der Waals surface area contributed by atoms with Crippen LogP contribution in [0.3, 0.4) is 0 Å². The second-order valence-electron chi connectivity index (χ2n) is 22.4. The molecule has 15 N–H and O–H groups in total. The quantitative estimate of drug-likeness (QED) is 0.0103. The van der Waals surface area contributed by atoms with Gasteiger partial charge < -0.3 is 82.4 Å². The van der Waals surface area contributed by atoms with Crippen molar-refractivity contribution < 1.29 is 77.8 Å². The molecule has 9 aromatic rings. The van der Waals surface area contributed by atoms with E-state index in [-0.39, 0.29) is 84.3 Å². The third-order valence-electron chi connectivity index (χ3n) is 15.7. The van der Waals surface area contributed by atoms with Crippen molar-refractivity contribution in [1.29, 1.82) is 0 Å². The first-order chi connectivity index (χ1) is 47.1. The average Bonchev–Trinajstić information content (AvgIpc) is 1.55. The highest BCUT2D eigenvalue weighted by Crippen LogP contribution is 2.41. The summed E-state index contributed by atoms with van der Waals surface area (Å²) in [5.41, 5.74) is 10.2. The number of ether oxygens (including phenoxy) is 2. The Labute approximate surface area is 562 Å². The van der Waals surface area contributed by atoms with Gasteiger partial charge in [0.2, 0.25) is 17.8 Å². The van der Waals surface area contributed by atoms with E-state index in [0.29, 0.717) is 63.4 Å². The van der Waals surface area contributed by atoms with Gasteiger partial charge >= 0.3 is 30.0 Å². The zero-order valence-corrected chi connectivity index (χ0v) is 53.4. The van der Waals surface area contributed by atoms with E-state index in [1.165, 1.54) is 52.1 Å². The number of nitrogens with one attached hydrogen (secondary N) is 9. The Morgan fingerprint density at radius 3 is 2.01 bits per heavy atom.